The minimum atomic E-state index is -1.08. The van der Waals surface area contributed by atoms with Crippen LogP contribution >= 0.6 is 0 Å². The second kappa shape index (κ2) is 6.78. The number of amides is 1. The van der Waals surface area contributed by atoms with Gasteiger partial charge in [-0.05, 0) is 18.9 Å². The van der Waals surface area contributed by atoms with Gasteiger partial charge in [0, 0.05) is 5.92 Å². The van der Waals surface area contributed by atoms with Crippen molar-refractivity contribution in [2.75, 3.05) is 6.61 Å². The number of aliphatic hydroxyl groups excluding tert-OH is 2. The zero-order chi connectivity index (χ0) is 17.3. The van der Waals surface area contributed by atoms with Gasteiger partial charge in [-0.25, -0.2) is 9.59 Å². The van der Waals surface area contributed by atoms with Crippen LogP contribution < -0.4 is 0 Å². The minimum absolute atomic E-state index is 0.0712. The number of benzene rings is 1. The third-order valence-electron chi connectivity index (χ3n) is 4.70. The van der Waals surface area contributed by atoms with Crippen LogP contribution in [0.3, 0.4) is 0 Å². The van der Waals surface area contributed by atoms with E-state index in [4.69, 9.17) is 9.47 Å². The van der Waals surface area contributed by atoms with Crippen molar-refractivity contribution in [1.29, 1.82) is 0 Å². The topological polar surface area (TPSA) is 96.3 Å². The van der Waals surface area contributed by atoms with Crippen LogP contribution in [0.5, 0.6) is 0 Å². The maximum absolute atomic E-state index is 12.5. The number of carbonyl (C=O) groups excluding carboxylic acids is 2. The predicted octanol–water partition coefficient (Wildman–Crippen LogP) is 0.681. The molecule has 0 radical (unpaired) electrons. The number of ether oxygens (including phenoxy) is 2. The molecule has 7 heteroatoms. The van der Waals surface area contributed by atoms with E-state index in [2.05, 4.69) is 0 Å². The molecule has 5 atom stereocenters. The molecule has 7 nitrogen and oxygen atoms in total. The van der Waals surface area contributed by atoms with E-state index in [0.29, 0.717) is 6.42 Å². The van der Waals surface area contributed by atoms with Gasteiger partial charge in [-0.1, -0.05) is 30.3 Å². The van der Waals surface area contributed by atoms with Gasteiger partial charge in [-0.2, -0.15) is 0 Å². The quantitative estimate of drug-likeness (QED) is 0.786. The Labute approximate surface area is 139 Å². The molecule has 1 amide bonds. The lowest BCUT2D eigenvalue weighted by Crippen LogP contribution is -2.58. The first kappa shape index (κ1) is 16.7. The Kier molecular flexibility index (Phi) is 4.73. The lowest BCUT2D eigenvalue weighted by atomic mass is 9.95. The molecule has 2 bridgehead atoms. The largest absolute Gasteiger partial charge is 0.464 e. The number of likely N-dealkylation sites (tertiary alicyclic amines) is 1. The summed E-state index contributed by atoms with van der Waals surface area (Å²) in [6.07, 6.45) is -2.45. The third-order valence-corrected chi connectivity index (χ3v) is 4.70. The maximum Gasteiger partial charge on any atom is 0.411 e. The molecule has 0 aromatic heterocycles. The minimum Gasteiger partial charge on any atom is -0.464 e. The molecule has 2 fully saturated rings. The van der Waals surface area contributed by atoms with Crippen LogP contribution in [0, 0.1) is 5.92 Å². The number of hydrogen-bond acceptors (Lipinski definition) is 6. The van der Waals surface area contributed by atoms with Crippen molar-refractivity contribution < 1.29 is 29.3 Å². The Morgan fingerprint density at radius 1 is 1.17 bits per heavy atom. The van der Waals surface area contributed by atoms with Crippen LogP contribution in [0.1, 0.15) is 18.9 Å². The molecule has 1 saturated carbocycles. The molecule has 1 aromatic carbocycles. The van der Waals surface area contributed by atoms with E-state index < -0.39 is 42.3 Å². The molecule has 130 valence electrons. The maximum atomic E-state index is 12.5. The Morgan fingerprint density at radius 2 is 1.88 bits per heavy atom. The summed E-state index contributed by atoms with van der Waals surface area (Å²) in [6.45, 7) is 1.93. The van der Waals surface area contributed by atoms with Gasteiger partial charge in [0.25, 0.3) is 0 Å². The highest BCUT2D eigenvalue weighted by Crippen LogP contribution is 2.43. The van der Waals surface area contributed by atoms with Crippen LogP contribution in [0.25, 0.3) is 0 Å². The molecule has 0 unspecified atom stereocenters. The van der Waals surface area contributed by atoms with Crippen molar-refractivity contribution in [2.24, 2.45) is 5.92 Å². The number of nitrogens with zero attached hydrogens (tertiary/aromatic N) is 1. The van der Waals surface area contributed by atoms with Crippen LogP contribution in [-0.4, -0.2) is 58.1 Å². The van der Waals surface area contributed by atoms with Crippen molar-refractivity contribution in [3.8, 4) is 0 Å². The van der Waals surface area contributed by atoms with Crippen LogP contribution in [0.15, 0.2) is 30.3 Å². The number of hydrogen-bond donors (Lipinski definition) is 2. The first-order chi connectivity index (χ1) is 11.5. The summed E-state index contributed by atoms with van der Waals surface area (Å²) < 4.78 is 10.3. The standard InChI is InChI=1S/C17H21NO6/c1-2-23-16(21)13-11-8-12(15(20)14(11)19)18(13)17(22)24-9-10-6-4-3-5-7-10/h3-7,11-15,19-20H,2,8-9H2,1H3/t11-,12-,13-,14-,15+/m0/s1. The van der Waals surface area contributed by atoms with Crippen LogP contribution in [-0.2, 0) is 20.9 Å². The molecule has 1 heterocycles. The highest BCUT2D eigenvalue weighted by atomic mass is 16.6. The molecule has 1 aromatic rings. The van der Waals surface area contributed by atoms with Crippen LogP contribution in [0.2, 0.25) is 0 Å². The smallest absolute Gasteiger partial charge is 0.411 e. The SMILES string of the molecule is CCOC(=O)[C@@H]1[C@@H]2C[C@@H]([C@@H](O)[C@H]2O)N1C(=O)OCc1ccccc1. The molecule has 1 aliphatic heterocycles. The molecule has 3 rings (SSSR count). The van der Waals surface area contributed by atoms with Gasteiger partial charge in [-0.15, -0.1) is 0 Å². The molecule has 1 saturated heterocycles. The molecular formula is C17H21NO6. The number of carbonyl (C=O) groups is 2. The second-order valence-corrected chi connectivity index (χ2v) is 6.09. The average Bonchev–Trinajstić information content (AvgIpc) is 3.11. The summed E-state index contributed by atoms with van der Waals surface area (Å²) in [5.74, 6) is -1.11. The van der Waals surface area contributed by atoms with E-state index in [1.807, 2.05) is 30.3 Å². The second-order valence-electron chi connectivity index (χ2n) is 6.09. The van der Waals surface area contributed by atoms with Gasteiger partial charge < -0.3 is 19.7 Å². The molecule has 24 heavy (non-hydrogen) atoms. The third kappa shape index (κ3) is 2.85. The fraction of sp³-hybridized carbons (Fsp3) is 0.529. The van der Waals surface area contributed by atoms with Crippen molar-refractivity contribution in [2.45, 2.75) is 44.2 Å². The predicted molar refractivity (Wildman–Crippen MR) is 82.8 cm³/mol. The first-order valence-electron chi connectivity index (χ1n) is 8.06. The van der Waals surface area contributed by atoms with E-state index in [1.165, 1.54) is 4.90 Å². The van der Waals surface area contributed by atoms with Crippen molar-refractivity contribution in [1.82, 2.24) is 4.90 Å². The van der Waals surface area contributed by atoms with E-state index in [0.717, 1.165) is 5.56 Å². The number of aliphatic hydroxyl groups is 2. The van der Waals surface area contributed by atoms with E-state index in [1.54, 1.807) is 6.92 Å². The van der Waals surface area contributed by atoms with Gasteiger partial charge in [0.2, 0.25) is 0 Å². The van der Waals surface area contributed by atoms with Gasteiger partial charge >= 0.3 is 12.1 Å². The summed E-state index contributed by atoms with van der Waals surface area (Å²) in [5, 5.41) is 20.1. The van der Waals surface area contributed by atoms with Crippen molar-refractivity contribution in [3.05, 3.63) is 35.9 Å². The average molecular weight is 335 g/mol. The van der Waals surface area contributed by atoms with E-state index >= 15 is 0 Å². The van der Waals surface area contributed by atoms with Gasteiger partial charge in [0.1, 0.15) is 18.8 Å². The number of piperidine rings is 1. The zero-order valence-electron chi connectivity index (χ0n) is 13.4. The summed E-state index contributed by atoms with van der Waals surface area (Å²) in [4.78, 5) is 25.9. The van der Waals surface area contributed by atoms with E-state index in [-0.39, 0.29) is 13.2 Å². The number of rotatable bonds is 4. The Hall–Kier alpha value is -2.12. The Balaban J connectivity index is 1.73. The zero-order valence-corrected chi connectivity index (χ0v) is 13.4. The van der Waals surface area contributed by atoms with Crippen molar-refractivity contribution >= 4 is 12.1 Å². The molecular weight excluding hydrogens is 314 g/mol. The highest BCUT2D eigenvalue weighted by molar-refractivity contribution is 5.83. The van der Waals surface area contributed by atoms with Gasteiger partial charge in [-0.3, -0.25) is 4.90 Å². The van der Waals surface area contributed by atoms with Gasteiger partial charge in [0.05, 0.1) is 18.8 Å². The Bertz CT molecular complexity index is 606. The fourth-order valence-corrected chi connectivity index (χ4v) is 3.60. The summed E-state index contributed by atoms with van der Waals surface area (Å²) in [6, 6.07) is 7.62. The molecule has 1 aliphatic carbocycles. The fourth-order valence-electron chi connectivity index (χ4n) is 3.60. The van der Waals surface area contributed by atoms with Gasteiger partial charge in [0.15, 0.2) is 0 Å². The summed E-state index contributed by atoms with van der Waals surface area (Å²) in [7, 11) is 0. The number of fused-ring (bicyclic) bond motifs is 2. The normalized spacial score (nSPS) is 31.1. The van der Waals surface area contributed by atoms with Crippen molar-refractivity contribution in [3.63, 3.8) is 0 Å². The number of esters is 1. The molecule has 0 spiro atoms. The van der Waals surface area contributed by atoms with E-state index in [9.17, 15) is 19.8 Å². The lowest BCUT2D eigenvalue weighted by Gasteiger charge is -2.37. The molecule has 2 N–H and O–H groups in total. The molecule has 2 aliphatic rings. The first-order valence-corrected chi connectivity index (χ1v) is 8.06. The van der Waals surface area contributed by atoms with Crippen LogP contribution in [0.4, 0.5) is 4.79 Å². The summed E-state index contributed by atoms with van der Waals surface area (Å²) >= 11 is 0. The summed E-state index contributed by atoms with van der Waals surface area (Å²) in [5.41, 5.74) is 0.823. The Morgan fingerprint density at radius 3 is 2.54 bits per heavy atom. The monoisotopic (exact) mass is 335 g/mol. The highest BCUT2D eigenvalue weighted by Gasteiger charge is 2.61. The lowest BCUT2D eigenvalue weighted by molar-refractivity contribution is -0.156.